The zero-order valence-corrected chi connectivity index (χ0v) is 21.9. The van der Waals surface area contributed by atoms with Gasteiger partial charge in [-0.05, 0) is 72.6 Å². The standard InChI is InChI=1S/C29H22Cl3NO4/c30-23-6-3-7-24(31)26(23)27-22(28(37-33-27)15-8-9-15)14-36-16-10-11-18(25(32)12-16)21-13-20(21)17-4-1-2-5-19(17)29(34)35/h1-7,10-12,15,20-21H,8-9,13-14H2,(H,34,35). The Morgan fingerprint density at radius 1 is 0.946 bits per heavy atom. The molecule has 2 unspecified atom stereocenters. The lowest BCUT2D eigenvalue weighted by atomic mass is 9.99. The predicted molar refractivity (Wildman–Crippen MR) is 143 cm³/mol. The van der Waals surface area contributed by atoms with Gasteiger partial charge in [-0.15, -0.1) is 0 Å². The minimum Gasteiger partial charge on any atom is -0.489 e. The summed E-state index contributed by atoms with van der Waals surface area (Å²) in [6.07, 6.45) is 2.95. The highest BCUT2D eigenvalue weighted by molar-refractivity contribution is 6.39. The topological polar surface area (TPSA) is 72.6 Å². The van der Waals surface area contributed by atoms with Crippen molar-refractivity contribution in [2.45, 2.75) is 43.6 Å². The number of rotatable bonds is 8. The van der Waals surface area contributed by atoms with Gasteiger partial charge in [-0.1, -0.05) is 70.3 Å². The van der Waals surface area contributed by atoms with E-state index in [1.807, 2.05) is 30.3 Å². The predicted octanol–water partition coefficient (Wildman–Crippen LogP) is 8.73. The fourth-order valence-corrected chi connectivity index (χ4v) is 5.89. The molecular weight excluding hydrogens is 533 g/mol. The van der Waals surface area contributed by atoms with E-state index in [-0.39, 0.29) is 18.4 Å². The number of ether oxygens (including phenoxy) is 1. The molecule has 2 aliphatic carbocycles. The molecule has 4 aromatic rings. The number of halogens is 3. The second-order valence-corrected chi connectivity index (χ2v) is 10.8. The minimum atomic E-state index is -0.909. The number of carbonyl (C=O) groups is 1. The molecule has 1 heterocycles. The van der Waals surface area contributed by atoms with Crippen LogP contribution >= 0.6 is 34.8 Å². The molecule has 0 radical (unpaired) electrons. The number of carboxylic acids is 1. The first-order chi connectivity index (χ1) is 17.9. The van der Waals surface area contributed by atoms with Gasteiger partial charge in [0.1, 0.15) is 23.8 Å². The number of nitrogens with zero attached hydrogens (tertiary/aromatic N) is 1. The maximum atomic E-state index is 11.6. The summed E-state index contributed by atoms with van der Waals surface area (Å²) in [5, 5.41) is 15.4. The Morgan fingerprint density at radius 3 is 2.38 bits per heavy atom. The van der Waals surface area contributed by atoms with E-state index in [2.05, 4.69) is 5.16 Å². The largest absolute Gasteiger partial charge is 0.489 e. The van der Waals surface area contributed by atoms with Crippen molar-refractivity contribution in [2.75, 3.05) is 0 Å². The average Bonchev–Trinajstić information content (AvgIpc) is 3.81. The molecule has 2 saturated carbocycles. The average molecular weight is 555 g/mol. The number of hydrogen-bond acceptors (Lipinski definition) is 4. The maximum absolute atomic E-state index is 11.6. The summed E-state index contributed by atoms with van der Waals surface area (Å²) in [7, 11) is 0. The van der Waals surface area contributed by atoms with E-state index in [0.29, 0.717) is 43.6 Å². The van der Waals surface area contributed by atoms with Gasteiger partial charge in [0.05, 0.1) is 21.2 Å². The van der Waals surface area contributed by atoms with Crippen molar-refractivity contribution in [3.8, 4) is 17.0 Å². The molecular formula is C29H22Cl3NO4. The van der Waals surface area contributed by atoms with Crippen molar-refractivity contribution in [2.24, 2.45) is 0 Å². The Hall–Kier alpha value is -2.99. The van der Waals surface area contributed by atoms with Gasteiger partial charge in [-0.2, -0.15) is 0 Å². The highest BCUT2D eigenvalue weighted by Crippen LogP contribution is 2.57. The van der Waals surface area contributed by atoms with Gasteiger partial charge < -0.3 is 14.4 Å². The molecule has 8 heteroatoms. The molecule has 1 aromatic heterocycles. The molecule has 0 aliphatic heterocycles. The summed E-state index contributed by atoms with van der Waals surface area (Å²) >= 11 is 19.6. The van der Waals surface area contributed by atoms with Gasteiger partial charge in [0.15, 0.2) is 0 Å². The molecule has 0 bridgehead atoms. The zero-order valence-electron chi connectivity index (χ0n) is 19.6. The number of carboxylic acid groups (broad SMARTS) is 1. The van der Waals surface area contributed by atoms with Crippen LogP contribution in [-0.2, 0) is 6.61 Å². The Morgan fingerprint density at radius 2 is 1.68 bits per heavy atom. The van der Waals surface area contributed by atoms with Crippen molar-refractivity contribution >= 4 is 40.8 Å². The molecule has 0 amide bonds. The van der Waals surface area contributed by atoms with Gasteiger partial charge in [-0.3, -0.25) is 0 Å². The van der Waals surface area contributed by atoms with Crippen molar-refractivity contribution in [1.82, 2.24) is 5.16 Å². The van der Waals surface area contributed by atoms with Crippen molar-refractivity contribution in [3.63, 3.8) is 0 Å². The maximum Gasteiger partial charge on any atom is 0.335 e. The van der Waals surface area contributed by atoms with Crippen LogP contribution < -0.4 is 4.74 Å². The molecule has 1 N–H and O–H groups in total. The fourth-order valence-electron chi connectivity index (χ4n) is 5.00. The van der Waals surface area contributed by atoms with E-state index >= 15 is 0 Å². The summed E-state index contributed by atoms with van der Waals surface area (Å²) in [5.41, 5.74) is 4.26. The third kappa shape index (κ3) is 4.72. The summed E-state index contributed by atoms with van der Waals surface area (Å²) in [6, 6.07) is 18.2. The highest BCUT2D eigenvalue weighted by atomic mass is 35.5. The molecule has 0 saturated heterocycles. The van der Waals surface area contributed by atoms with Gasteiger partial charge in [-0.25, -0.2) is 4.79 Å². The highest BCUT2D eigenvalue weighted by Gasteiger charge is 2.42. The third-order valence-corrected chi connectivity index (χ3v) is 8.06. The zero-order chi connectivity index (χ0) is 25.7. The molecule has 2 fully saturated rings. The van der Waals surface area contributed by atoms with Crippen molar-refractivity contribution in [1.29, 1.82) is 0 Å². The quantitative estimate of drug-likeness (QED) is 0.236. The van der Waals surface area contributed by atoms with Crippen LogP contribution in [-0.4, -0.2) is 16.2 Å². The van der Waals surface area contributed by atoms with Gasteiger partial charge >= 0.3 is 5.97 Å². The molecule has 3 aromatic carbocycles. The van der Waals surface area contributed by atoms with E-state index in [1.54, 1.807) is 30.3 Å². The lowest BCUT2D eigenvalue weighted by Gasteiger charge is -2.11. The smallest absolute Gasteiger partial charge is 0.335 e. The molecule has 0 spiro atoms. The summed E-state index contributed by atoms with van der Waals surface area (Å²) in [5.74, 6) is 1.16. The Kier molecular flexibility index (Phi) is 6.39. The van der Waals surface area contributed by atoms with Gasteiger partial charge in [0.25, 0.3) is 0 Å². The van der Waals surface area contributed by atoms with Crippen LogP contribution in [0, 0.1) is 0 Å². The number of aromatic nitrogens is 1. The van der Waals surface area contributed by atoms with Crippen LogP contribution in [0.5, 0.6) is 5.75 Å². The molecule has 188 valence electrons. The lowest BCUT2D eigenvalue weighted by Crippen LogP contribution is -2.02. The number of hydrogen-bond donors (Lipinski definition) is 1. The van der Waals surface area contributed by atoms with Crippen LogP contribution in [0.1, 0.15) is 69.8 Å². The summed E-state index contributed by atoms with van der Waals surface area (Å²) < 4.78 is 11.9. The first kappa shape index (κ1) is 24.4. The van der Waals surface area contributed by atoms with Crippen LogP contribution in [0.3, 0.4) is 0 Å². The second-order valence-electron chi connectivity index (χ2n) is 9.56. The Labute approximate surface area is 228 Å². The molecule has 37 heavy (non-hydrogen) atoms. The van der Waals surface area contributed by atoms with Crippen molar-refractivity contribution < 1.29 is 19.2 Å². The SMILES string of the molecule is O=C(O)c1ccccc1C1CC1c1ccc(OCc2c(-c3c(Cl)cccc3Cl)noc2C2CC2)cc1Cl. The van der Waals surface area contributed by atoms with E-state index < -0.39 is 5.97 Å². The monoisotopic (exact) mass is 553 g/mol. The van der Waals surface area contributed by atoms with Crippen LogP contribution in [0.4, 0.5) is 0 Å². The molecule has 5 nitrogen and oxygen atoms in total. The number of benzene rings is 3. The Bertz CT molecular complexity index is 1490. The number of aromatic carboxylic acids is 1. The van der Waals surface area contributed by atoms with Gasteiger partial charge in [0.2, 0.25) is 0 Å². The fraction of sp³-hybridized carbons (Fsp3) is 0.241. The normalized spacial score (nSPS) is 18.6. The van der Waals surface area contributed by atoms with Crippen LogP contribution in [0.25, 0.3) is 11.3 Å². The summed E-state index contributed by atoms with van der Waals surface area (Å²) in [4.78, 5) is 11.6. The molecule has 6 rings (SSSR count). The molecule has 2 aliphatic rings. The van der Waals surface area contributed by atoms with E-state index in [9.17, 15) is 9.90 Å². The van der Waals surface area contributed by atoms with E-state index in [1.165, 1.54) is 0 Å². The second kappa shape index (κ2) is 9.71. The summed E-state index contributed by atoms with van der Waals surface area (Å²) in [6.45, 7) is 0.236. The Balaban J connectivity index is 1.22. The minimum absolute atomic E-state index is 0.137. The molecule has 2 atom stereocenters. The first-order valence-electron chi connectivity index (χ1n) is 12.1. The lowest BCUT2D eigenvalue weighted by molar-refractivity contribution is 0.0695. The first-order valence-corrected chi connectivity index (χ1v) is 13.2. The van der Waals surface area contributed by atoms with Crippen LogP contribution in [0.15, 0.2) is 65.2 Å². The van der Waals surface area contributed by atoms with Gasteiger partial charge in [0, 0.05) is 16.5 Å². The van der Waals surface area contributed by atoms with Crippen molar-refractivity contribution in [3.05, 3.63) is 104 Å². The van der Waals surface area contributed by atoms with E-state index in [4.69, 9.17) is 44.1 Å². The van der Waals surface area contributed by atoms with Crippen LogP contribution in [0.2, 0.25) is 15.1 Å². The third-order valence-electron chi connectivity index (χ3n) is 7.10. The van der Waals surface area contributed by atoms with E-state index in [0.717, 1.165) is 41.7 Å².